The molecule has 0 amide bonds. The molecule has 0 fully saturated rings. The molecule has 0 aliphatic carbocycles. The van der Waals surface area contributed by atoms with E-state index in [4.69, 9.17) is 18.9 Å². The third kappa shape index (κ3) is 10.2. The minimum absolute atomic E-state index is 0.0375. The molecule has 5 heteroatoms. The molecule has 1 aromatic rings. The van der Waals surface area contributed by atoms with E-state index in [-0.39, 0.29) is 30.9 Å². The Morgan fingerprint density at radius 3 is 2.04 bits per heavy atom. The van der Waals surface area contributed by atoms with Gasteiger partial charge in [0.1, 0.15) is 6.61 Å². The molecule has 3 unspecified atom stereocenters. The van der Waals surface area contributed by atoms with Crippen molar-refractivity contribution in [3.63, 3.8) is 0 Å². The lowest BCUT2D eigenvalue weighted by atomic mass is 10.2. The van der Waals surface area contributed by atoms with Crippen LogP contribution in [-0.4, -0.2) is 50.7 Å². The van der Waals surface area contributed by atoms with E-state index in [1.807, 2.05) is 39.0 Å². The zero-order valence-corrected chi connectivity index (χ0v) is 15.9. The Hall–Kier alpha value is -1.43. The molecule has 5 nitrogen and oxygen atoms in total. The van der Waals surface area contributed by atoms with Crippen molar-refractivity contribution in [2.45, 2.75) is 58.8 Å². The first kappa shape index (κ1) is 21.6. The Bertz CT molecular complexity index is 462. The van der Waals surface area contributed by atoms with Gasteiger partial charge in [0, 0.05) is 6.61 Å². The largest absolute Gasteiger partial charge is 0.459 e. The molecule has 0 aromatic heterocycles. The van der Waals surface area contributed by atoms with Crippen molar-refractivity contribution in [3.05, 3.63) is 35.9 Å². The molecule has 0 saturated carbocycles. The van der Waals surface area contributed by atoms with Crippen LogP contribution in [0, 0.1) is 0 Å². The number of esters is 1. The molecule has 142 valence electrons. The minimum atomic E-state index is -0.335. The monoisotopic (exact) mass is 352 g/mol. The van der Waals surface area contributed by atoms with Crippen molar-refractivity contribution in [2.24, 2.45) is 0 Å². The van der Waals surface area contributed by atoms with Crippen LogP contribution in [0.5, 0.6) is 0 Å². The highest BCUT2D eigenvalue weighted by atomic mass is 16.6. The first-order chi connectivity index (χ1) is 12.0. The van der Waals surface area contributed by atoms with Crippen molar-refractivity contribution >= 4 is 5.97 Å². The molecule has 0 saturated heterocycles. The number of benzene rings is 1. The van der Waals surface area contributed by atoms with Gasteiger partial charge in [-0.15, -0.1) is 0 Å². The van der Waals surface area contributed by atoms with Gasteiger partial charge < -0.3 is 18.9 Å². The Morgan fingerprint density at radius 1 is 0.880 bits per heavy atom. The maximum Gasteiger partial charge on any atom is 0.338 e. The lowest BCUT2D eigenvalue weighted by Crippen LogP contribution is -2.27. The summed E-state index contributed by atoms with van der Waals surface area (Å²) in [5.41, 5.74) is 0.545. The highest BCUT2D eigenvalue weighted by molar-refractivity contribution is 5.89. The average Bonchev–Trinajstić information content (AvgIpc) is 2.63. The molecule has 3 atom stereocenters. The van der Waals surface area contributed by atoms with E-state index < -0.39 is 0 Å². The van der Waals surface area contributed by atoms with E-state index in [9.17, 15) is 4.79 Å². The van der Waals surface area contributed by atoms with Gasteiger partial charge in [0.25, 0.3) is 0 Å². The van der Waals surface area contributed by atoms with Crippen molar-refractivity contribution in [1.29, 1.82) is 0 Å². The van der Waals surface area contributed by atoms with Crippen molar-refractivity contribution in [3.8, 4) is 0 Å². The Labute approximate surface area is 151 Å². The molecule has 1 rings (SSSR count). The van der Waals surface area contributed by atoms with Gasteiger partial charge >= 0.3 is 5.97 Å². The molecule has 0 bridgehead atoms. The summed E-state index contributed by atoms with van der Waals surface area (Å²) < 4.78 is 22.3. The molecule has 0 heterocycles. The van der Waals surface area contributed by atoms with Crippen LogP contribution in [0.3, 0.4) is 0 Å². The molecule has 0 spiro atoms. The van der Waals surface area contributed by atoms with Crippen molar-refractivity contribution in [2.75, 3.05) is 26.4 Å². The zero-order valence-electron chi connectivity index (χ0n) is 15.9. The molecule has 0 radical (unpaired) electrons. The number of hydrogen-bond acceptors (Lipinski definition) is 5. The predicted molar refractivity (Wildman–Crippen MR) is 97.9 cm³/mol. The number of rotatable bonds is 13. The fourth-order valence-electron chi connectivity index (χ4n) is 2.02. The standard InChI is InChI=1S/C20H32O5/c1-5-6-12-22-16(2)13-23-17(3)14-24-18(4)15-25-20(21)19-10-8-7-9-11-19/h7-11,16-18H,5-6,12-15H2,1-4H3. The van der Waals surface area contributed by atoms with Crippen LogP contribution in [0.25, 0.3) is 0 Å². The Kier molecular flexibility index (Phi) is 11.1. The van der Waals surface area contributed by atoms with E-state index in [0.717, 1.165) is 19.4 Å². The highest BCUT2D eigenvalue weighted by Crippen LogP contribution is 2.04. The van der Waals surface area contributed by atoms with Crippen LogP contribution in [-0.2, 0) is 18.9 Å². The van der Waals surface area contributed by atoms with Crippen LogP contribution in [0.1, 0.15) is 50.9 Å². The third-order valence-corrected chi connectivity index (χ3v) is 3.59. The first-order valence-electron chi connectivity index (χ1n) is 9.09. The first-order valence-corrected chi connectivity index (χ1v) is 9.09. The van der Waals surface area contributed by atoms with E-state index in [1.54, 1.807) is 12.1 Å². The molecule has 0 aliphatic rings. The topological polar surface area (TPSA) is 54.0 Å². The minimum Gasteiger partial charge on any atom is -0.459 e. The van der Waals surface area contributed by atoms with Gasteiger partial charge in [0.2, 0.25) is 0 Å². The van der Waals surface area contributed by atoms with Crippen LogP contribution >= 0.6 is 0 Å². The number of carbonyl (C=O) groups is 1. The Balaban J connectivity index is 2.12. The molecule has 0 aliphatic heterocycles. The van der Waals surface area contributed by atoms with Gasteiger partial charge in [0.15, 0.2) is 0 Å². The molecule has 0 N–H and O–H groups in total. The SMILES string of the molecule is CCCCOC(C)COC(C)COC(C)COC(=O)c1ccccc1. The maximum absolute atomic E-state index is 11.9. The second-order valence-electron chi connectivity index (χ2n) is 6.29. The van der Waals surface area contributed by atoms with E-state index in [1.165, 1.54) is 0 Å². The average molecular weight is 352 g/mol. The van der Waals surface area contributed by atoms with Crippen LogP contribution in [0.2, 0.25) is 0 Å². The molecule has 25 heavy (non-hydrogen) atoms. The summed E-state index contributed by atoms with van der Waals surface area (Å²) in [5.74, 6) is -0.335. The lowest BCUT2D eigenvalue weighted by molar-refractivity contribution is -0.0761. The highest BCUT2D eigenvalue weighted by Gasteiger charge is 2.12. The van der Waals surface area contributed by atoms with Gasteiger partial charge in [-0.1, -0.05) is 31.5 Å². The predicted octanol–water partition coefficient (Wildman–Crippen LogP) is 3.86. The smallest absolute Gasteiger partial charge is 0.338 e. The van der Waals surface area contributed by atoms with Crippen molar-refractivity contribution < 1.29 is 23.7 Å². The van der Waals surface area contributed by atoms with E-state index in [2.05, 4.69) is 6.92 Å². The van der Waals surface area contributed by atoms with Crippen LogP contribution < -0.4 is 0 Å². The van der Waals surface area contributed by atoms with Gasteiger partial charge in [0.05, 0.1) is 37.1 Å². The molecular formula is C20H32O5. The normalized spacial score (nSPS) is 14.7. The number of ether oxygens (including phenoxy) is 4. The summed E-state index contributed by atoms with van der Waals surface area (Å²) in [5, 5.41) is 0. The van der Waals surface area contributed by atoms with Crippen LogP contribution in [0.15, 0.2) is 30.3 Å². The second kappa shape index (κ2) is 12.9. The summed E-state index contributed by atoms with van der Waals surface area (Å²) in [4.78, 5) is 11.9. The van der Waals surface area contributed by atoms with E-state index in [0.29, 0.717) is 18.8 Å². The van der Waals surface area contributed by atoms with Crippen molar-refractivity contribution in [1.82, 2.24) is 0 Å². The number of carbonyl (C=O) groups excluding carboxylic acids is 1. The number of hydrogen-bond donors (Lipinski definition) is 0. The van der Waals surface area contributed by atoms with Gasteiger partial charge in [-0.3, -0.25) is 0 Å². The summed E-state index contributed by atoms with van der Waals surface area (Å²) in [7, 11) is 0. The number of unbranched alkanes of at least 4 members (excludes halogenated alkanes) is 1. The Morgan fingerprint density at radius 2 is 1.44 bits per heavy atom. The summed E-state index contributed by atoms with van der Waals surface area (Å²) in [6.07, 6.45) is 2.06. The maximum atomic E-state index is 11.9. The van der Waals surface area contributed by atoms with Crippen LogP contribution in [0.4, 0.5) is 0 Å². The molecule has 1 aromatic carbocycles. The lowest BCUT2D eigenvalue weighted by Gasteiger charge is -2.20. The zero-order chi connectivity index (χ0) is 18.5. The summed E-state index contributed by atoms with van der Waals surface area (Å²) in [6.45, 7) is 9.98. The quantitative estimate of drug-likeness (QED) is 0.398. The second-order valence-corrected chi connectivity index (χ2v) is 6.29. The summed E-state index contributed by atoms with van der Waals surface area (Å²) >= 11 is 0. The van der Waals surface area contributed by atoms with Gasteiger partial charge in [-0.25, -0.2) is 4.79 Å². The van der Waals surface area contributed by atoms with Gasteiger partial charge in [-0.2, -0.15) is 0 Å². The summed E-state index contributed by atoms with van der Waals surface area (Å²) in [6, 6.07) is 8.94. The third-order valence-electron chi connectivity index (χ3n) is 3.59. The van der Waals surface area contributed by atoms with E-state index >= 15 is 0 Å². The fourth-order valence-corrected chi connectivity index (χ4v) is 2.02. The fraction of sp³-hybridized carbons (Fsp3) is 0.650. The van der Waals surface area contributed by atoms with Gasteiger partial charge in [-0.05, 0) is 39.3 Å². The molecular weight excluding hydrogens is 320 g/mol.